The van der Waals surface area contributed by atoms with Gasteiger partial charge in [-0.3, -0.25) is 28.8 Å². The van der Waals surface area contributed by atoms with Crippen LogP contribution >= 0.6 is 0 Å². The fraction of sp³-hybridized carbons (Fsp3) is 0.300. The Bertz CT molecular complexity index is 1670. The molecule has 3 aromatic rings. The Morgan fingerprint density at radius 3 is 2.54 bits per heavy atom. The number of carbonyl (C=O) groups is 6. The molecule has 2 fully saturated rings. The number of nitrogens with zero attached hydrogens (tertiary/aromatic N) is 1. The Morgan fingerprint density at radius 2 is 1.83 bits per heavy atom. The van der Waals surface area contributed by atoms with Gasteiger partial charge in [-0.2, -0.15) is 0 Å². The molecule has 0 spiro atoms. The van der Waals surface area contributed by atoms with Crippen LogP contribution in [0.5, 0.6) is 5.75 Å². The fourth-order valence-electron chi connectivity index (χ4n) is 6.72. The topological polar surface area (TPSA) is 195 Å². The van der Waals surface area contributed by atoms with Crippen molar-refractivity contribution in [3.8, 4) is 16.9 Å². The number of primary amides is 1. The highest BCUT2D eigenvalue weighted by molar-refractivity contribution is 6.31. The monoisotopic (exact) mass is 556 g/mol. The van der Waals surface area contributed by atoms with Gasteiger partial charge in [0.2, 0.25) is 17.5 Å². The number of hydrogen-bond donors (Lipinski definition) is 3. The molecule has 0 saturated heterocycles. The van der Waals surface area contributed by atoms with Gasteiger partial charge >= 0.3 is 0 Å². The van der Waals surface area contributed by atoms with Gasteiger partial charge in [-0.05, 0) is 47.1 Å². The Balaban J connectivity index is 1.38. The van der Waals surface area contributed by atoms with Crippen LogP contribution < -0.4 is 5.73 Å². The van der Waals surface area contributed by atoms with Crippen LogP contribution in [0.2, 0.25) is 0 Å². The second-order valence-corrected chi connectivity index (χ2v) is 10.9. The second-order valence-electron chi connectivity index (χ2n) is 10.9. The van der Waals surface area contributed by atoms with Gasteiger partial charge in [-0.25, -0.2) is 0 Å². The highest BCUT2D eigenvalue weighted by Crippen LogP contribution is 2.51. The smallest absolute Gasteiger partial charge is 0.235 e. The molecule has 2 unspecified atom stereocenters. The number of aromatic hydroxyl groups is 1. The van der Waals surface area contributed by atoms with E-state index in [9.17, 15) is 39.0 Å². The first-order valence-corrected chi connectivity index (χ1v) is 13.1. The Morgan fingerprint density at radius 1 is 1.05 bits per heavy atom. The number of ketones is 5. The quantitative estimate of drug-likeness (QED) is 0.305. The van der Waals surface area contributed by atoms with Crippen molar-refractivity contribution in [1.82, 2.24) is 5.16 Å². The third kappa shape index (κ3) is 3.95. The molecule has 208 valence electrons. The first kappa shape index (κ1) is 26.5. The summed E-state index contributed by atoms with van der Waals surface area (Å²) >= 11 is 0. The van der Waals surface area contributed by atoms with E-state index in [2.05, 4.69) is 5.16 Å². The number of Topliss-reactive ketones (excluding diaryl/α,β-unsaturated/α-hetero) is 5. The minimum atomic E-state index is -2.69. The van der Waals surface area contributed by atoms with E-state index in [1.54, 1.807) is 30.3 Å². The van der Waals surface area contributed by atoms with Gasteiger partial charge in [0.15, 0.2) is 34.7 Å². The fourth-order valence-corrected chi connectivity index (χ4v) is 6.72. The lowest BCUT2D eigenvalue weighted by molar-refractivity contribution is -0.175. The average Bonchev–Trinajstić information content (AvgIpc) is 3.46. The lowest BCUT2D eigenvalue weighted by Gasteiger charge is -2.48. The molecule has 41 heavy (non-hydrogen) atoms. The Hall–Kier alpha value is -4.77. The molecule has 5 atom stereocenters. The number of benzene rings is 2. The van der Waals surface area contributed by atoms with E-state index in [0.29, 0.717) is 22.3 Å². The molecule has 0 bridgehead atoms. The van der Waals surface area contributed by atoms with Crippen LogP contribution in [0.25, 0.3) is 11.1 Å². The molecule has 1 heterocycles. The minimum absolute atomic E-state index is 0.00185. The van der Waals surface area contributed by atoms with E-state index in [1.807, 2.05) is 0 Å². The maximum absolute atomic E-state index is 13.8. The summed E-state index contributed by atoms with van der Waals surface area (Å²) in [7, 11) is 0. The normalized spacial score (nSPS) is 27.1. The largest absolute Gasteiger partial charge is 0.507 e. The molecule has 3 aliphatic carbocycles. The molecule has 6 rings (SSSR count). The SMILES string of the molecule is NC(=O)C1C(=O)C[C@@H]2C[C@@H]3Cc4c(-c5cccc(CC(=O)c6ccno6)c5)ccc(O)c4C(=O)C3C(=O)[C@]2(O)C1=O. The van der Waals surface area contributed by atoms with E-state index in [-0.39, 0.29) is 42.1 Å². The Labute approximate surface area is 232 Å². The average molecular weight is 557 g/mol. The summed E-state index contributed by atoms with van der Waals surface area (Å²) in [5.74, 6) is -10.8. The molecule has 0 aliphatic heterocycles. The highest BCUT2D eigenvalue weighted by Gasteiger charge is 2.66. The standard InChI is InChI=1S/C30H24N2O9/c31-29(39)25-21(35)12-16-10-15-11-18-17(14-3-1-2-13(8-14)9-20(34)22-6-7-32-41-22)4-5-19(33)24(18)26(36)23(15)27(37)30(16,40)28(25)38/h1-8,15-16,23,25,33,40H,9-12H2,(H2,31,39)/t15-,16+,23?,25?,30+/m1/s1. The van der Waals surface area contributed by atoms with E-state index < -0.39 is 64.7 Å². The molecule has 1 aromatic heterocycles. The maximum Gasteiger partial charge on any atom is 0.235 e. The third-order valence-electron chi connectivity index (χ3n) is 8.60. The van der Waals surface area contributed by atoms with E-state index in [1.165, 1.54) is 18.3 Å². The van der Waals surface area contributed by atoms with Crippen LogP contribution in [0.3, 0.4) is 0 Å². The van der Waals surface area contributed by atoms with Crippen LogP contribution in [-0.2, 0) is 32.0 Å². The van der Waals surface area contributed by atoms with Gasteiger partial charge in [0.1, 0.15) is 5.75 Å². The number of nitrogens with two attached hydrogens (primary N) is 1. The molecule has 0 radical (unpaired) electrons. The summed E-state index contributed by atoms with van der Waals surface area (Å²) in [6.45, 7) is 0. The van der Waals surface area contributed by atoms with Gasteiger partial charge in [-0.15, -0.1) is 0 Å². The first-order chi connectivity index (χ1) is 19.5. The summed E-state index contributed by atoms with van der Waals surface area (Å²) in [5.41, 5.74) is 4.87. The van der Waals surface area contributed by atoms with E-state index >= 15 is 0 Å². The summed E-state index contributed by atoms with van der Waals surface area (Å²) < 4.78 is 4.94. The minimum Gasteiger partial charge on any atom is -0.507 e. The van der Waals surface area contributed by atoms with Crippen molar-refractivity contribution in [3.63, 3.8) is 0 Å². The van der Waals surface area contributed by atoms with Crippen LogP contribution in [-0.4, -0.2) is 55.8 Å². The van der Waals surface area contributed by atoms with E-state index in [0.717, 1.165) is 0 Å². The zero-order valence-electron chi connectivity index (χ0n) is 21.5. The van der Waals surface area contributed by atoms with Crippen LogP contribution in [0.1, 0.15) is 44.9 Å². The molecular formula is C30H24N2O9. The van der Waals surface area contributed by atoms with Crippen molar-refractivity contribution in [2.75, 3.05) is 0 Å². The lowest BCUT2D eigenvalue weighted by atomic mass is 9.53. The summed E-state index contributed by atoms with van der Waals surface area (Å²) in [4.78, 5) is 77.4. The second kappa shape index (κ2) is 9.41. The van der Waals surface area contributed by atoms with Crippen molar-refractivity contribution in [1.29, 1.82) is 0 Å². The summed E-state index contributed by atoms with van der Waals surface area (Å²) in [6, 6.07) is 11.5. The zero-order chi connectivity index (χ0) is 29.2. The van der Waals surface area contributed by atoms with Crippen molar-refractivity contribution in [2.24, 2.45) is 29.4 Å². The van der Waals surface area contributed by atoms with Gasteiger partial charge in [-0.1, -0.05) is 35.5 Å². The molecule has 11 nitrogen and oxygen atoms in total. The molecule has 1 amide bonds. The summed E-state index contributed by atoms with van der Waals surface area (Å²) in [6.07, 6.45) is 1.16. The van der Waals surface area contributed by atoms with Gasteiger partial charge in [0.05, 0.1) is 17.7 Å². The summed E-state index contributed by atoms with van der Waals surface area (Å²) in [5, 5.41) is 25.6. The number of rotatable bonds is 5. The number of aromatic nitrogens is 1. The van der Waals surface area contributed by atoms with Gasteiger partial charge < -0.3 is 20.5 Å². The molecule has 2 aromatic carbocycles. The van der Waals surface area contributed by atoms with Crippen molar-refractivity contribution < 1.29 is 43.5 Å². The first-order valence-electron chi connectivity index (χ1n) is 13.1. The molecule has 2 saturated carbocycles. The van der Waals surface area contributed by atoms with E-state index in [4.69, 9.17) is 10.3 Å². The molecule has 4 N–H and O–H groups in total. The third-order valence-corrected chi connectivity index (χ3v) is 8.60. The number of phenols is 1. The van der Waals surface area contributed by atoms with Crippen LogP contribution in [0.4, 0.5) is 0 Å². The number of fused-ring (bicyclic) bond motifs is 3. The molecule has 11 heteroatoms. The number of carbonyl (C=O) groups excluding carboxylic acids is 6. The maximum atomic E-state index is 13.8. The van der Waals surface area contributed by atoms with Crippen molar-refractivity contribution in [3.05, 3.63) is 71.1 Å². The van der Waals surface area contributed by atoms with Gasteiger partial charge in [0.25, 0.3) is 0 Å². The van der Waals surface area contributed by atoms with Crippen LogP contribution in [0, 0.1) is 23.7 Å². The lowest BCUT2D eigenvalue weighted by Crippen LogP contribution is -2.68. The number of aliphatic hydroxyl groups is 1. The predicted octanol–water partition coefficient (Wildman–Crippen LogP) is 1.41. The number of phenolic OH excluding ortho intramolecular Hbond substituents is 1. The van der Waals surface area contributed by atoms with Gasteiger partial charge in [0, 0.05) is 24.8 Å². The number of amides is 1. The van der Waals surface area contributed by atoms with Crippen molar-refractivity contribution in [2.45, 2.75) is 31.3 Å². The van der Waals surface area contributed by atoms with Crippen molar-refractivity contribution >= 4 is 34.8 Å². The molecule has 3 aliphatic rings. The predicted molar refractivity (Wildman–Crippen MR) is 138 cm³/mol. The number of hydrogen-bond acceptors (Lipinski definition) is 10. The molecular weight excluding hydrogens is 532 g/mol. The zero-order valence-corrected chi connectivity index (χ0v) is 21.5. The van der Waals surface area contributed by atoms with Crippen LogP contribution in [0.15, 0.2) is 53.2 Å². The highest BCUT2D eigenvalue weighted by atomic mass is 16.5. The Kier molecular flexibility index (Phi) is 6.07.